The fourth-order valence-electron chi connectivity index (χ4n) is 3.73. The van der Waals surface area contributed by atoms with Gasteiger partial charge < -0.3 is 9.84 Å². The lowest BCUT2D eigenvalue weighted by Crippen LogP contribution is -2.04. The summed E-state index contributed by atoms with van der Waals surface area (Å²) in [5.41, 5.74) is 4.65. The van der Waals surface area contributed by atoms with E-state index in [1.165, 1.54) is 11.1 Å². The van der Waals surface area contributed by atoms with Crippen LogP contribution in [0.25, 0.3) is 10.8 Å². The number of aromatic hydroxyl groups is 1. The molecule has 24 heavy (non-hydrogen) atoms. The highest BCUT2D eigenvalue weighted by Gasteiger charge is 2.31. The number of phenolic OH excluding ortho intramolecular Hbond substituents is 1. The van der Waals surface area contributed by atoms with Gasteiger partial charge in [-0.1, -0.05) is 62.4 Å². The van der Waals surface area contributed by atoms with E-state index in [-0.39, 0.29) is 5.92 Å². The molecule has 2 nitrogen and oxygen atoms in total. The summed E-state index contributed by atoms with van der Waals surface area (Å²) in [5.74, 6) is 2.01. The molecule has 0 aliphatic carbocycles. The molecular weight excluding hydrogens is 296 g/mol. The number of phenols is 1. The Bertz CT molecular complexity index is 907. The minimum absolute atomic E-state index is 0.178. The lowest BCUT2D eigenvalue weighted by atomic mass is 9.87. The Morgan fingerprint density at radius 2 is 1.67 bits per heavy atom. The van der Waals surface area contributed by atoms with Crippen molar-refractivity contribution in [2.45, 2.75) is 32.6 Å². The first-order valence-electron chi connectivity index (χ1n) is 8.54. The smallest absolute Gasteiger partial charge is 0.131 e. The van der Waals surface area contributed by atoms with E-state index in [4.69, 9.17) is 4.74 Å². The zero-order valence-electron chi connectivity index (χ0n) is 14.3. The maximum atomic E-state index is 10.6. The summed E-state index contributed by atoms with van der Waals surface area (Å²) in [5, 5.41) is 12.5. The highest BCUT2D eigenvalue weighted by molar-refractivity contribution is 5.96. The molecule has 1 heterocycles. The first-order chi connectivity index (χ1) is 11.6. The van der Waals surface area contributed by atoms with Crippen LogP contribution in [0.4, 0.5) is 0 Å². The quantitative estimate of drug-likeness (QED) is 0.676. The van der Waals surface area contributed by atoms with Gasteiger partial charge in [-0.25, -0.2) is 0 Å². The molecule has 122 valence electrons. The Kier molecular flexibility index (Phi) is 3.49. The van der Waals surface area contributed by atoms with Crippen LogP contribution < -0.4 is 4.74 Å². The van der Waals surface area contributed by atoms with Crippen molar-refractivity contribution < 1.29 is 9.84 Å². The van der Waals surface area contributed by atoms with Crippen LogP contribution >= 0.6 is 0 Å². The summed E-state index contributed by atoms with van der Waals surface area (Å²) in [6.07, 6.45) is 0. The molecule has 3 aromatic rings. The van der Waals surface area contributed by atoms with Gasteiger partial charge in [0.2, 0.25) is 0 Å². The molecule has 4 rings (SSSR count). The zero-order chi connectivity index (χ0) is 16.8. The standard InChI is InChI=1S/C22H22O2/c1-13(2)15-8-10-16(11-9-15)19-12-24-22-18-7-5-4-6-17(18)21(23)14(3)20(19)22/h4-11,13,19,23H,12H2,1-3H3. The van der Waals surface area contributed by atoms with Crippen molar-refractivity contribution in [3.05, 3.63) is 70.8 Å². The third-order valence-electron chi connectivity index (χ3n) is 5.18. The Morgan fingerprint density at radius 1 is 1.00 bits per heavy atom. The van der Waals surface area contributed by atoms with Crippen LogP contribution in [-0.4, -0.2) is 11.7 Å². The van der Waals surface area contributed by atoms with Gasteiger partial charge >= 0.3 is 0 Å². The van der Waals surface area contributed by atoms with E-state index in [9.17, 15) is 5.11 Å². The van der Waals surface area contributed by atoms with Crippen molar-refractivity contribution in [2.75, 3.05) is 6.61 Å². The summed E-state index contributed by atoms with van der Waals surface area (Å²) in [4.78, 5) is 0. The van der Waals surface area contributed by atoms with Gasteiger partial charge in [-0.2, -0.15) is 0 Å². The van der Waals surface area contributed by atoms with E-state index in [1.807, 2.05) is 31.2 Å². The average molecular weight is 318 g/mol. The first-order valence-corrected chi connectivity index (χ1v) is 8.54. The second kappa shape index (κ2) is 5.55. The highest BCUT2D eigenvalue weighted by atomic mass is 16.5. The van der Waals surface area contributed by atoms with Crippen molar-refractivity contribution in [3.8, 4) is 11.5 Å². The van der Waals surface area contributed by atoms with Crippen LogP contribution in [0.5, 0.6) is 11.5 Å². The molecule has 1 unspecified atom stereocenters. The fourth-order valence-corrected chi connectivity index (χ4v) is 3.73. The van der Waals surface area contributed by atoms with Crippen LogP contribution in [0.3, 0.4) is 0 Å². The van der Waals surface area contributed by atoms with Gasteiger partial charge in [-0.15, -0.1) is 0 Å². The maximum absolute atomic E-state index is 10.6. The molecule has 1 atom stereocenters. The highest BCUT2D eigenvalue weighted by Crippen LogP contribution is 2.48. The van der Waals surface area contributed by atoms with E-state index < -0.39 is 0 Å². The fraction of sp³-hybridized carbons (Fsp3) is 0.273. The minimum Gasteiger partial charge on any atom is -0.507 e. The molecule has 3 aromatic carbocycles. The molecule has 0 aromatic heterocycles. The molecule has 0 bridgehead atoms. The van der Waals surface area contributed by atoms with Crippen molar-refractivity contribution >= 4 is 10.8 Å². The second-order valence-corrected chi connectivity index (χ2v) is 6.95. The number of fused-ring (bicyclic) bond motifs is 3. The van der Waals surface area contributed by atoms with Gasteiger partial charge in [0.1, 0.15) is 11.5 Å². The molecular formula is C22H22O2. The third-order valence-corrected chi connectivity index (χ3v) is 5.18. The summed E-state index contributed by atoms with van der Waals surface area (Å²) >= 11 is 0. The molecule has 0 spiro atoms. The molecule has 0 amide bonds. The van der Waals surface area contributed by atoms with Crippen LogP contribution in [0.1, 0.15) is 47.9 Å². The monoisotopic (exact) mass is 318 g/mol. The number of hydrogen-bond donors (Lipinski definition) is 1. The van der Waals surface area contributed by atoms with Crippen LogP contribution in [-0.2, 0) is 0 Å². The van der Waals surface area contributed by atoms with Gasteiger partial charge in [0.15, 0.2) is 0 Å². The second-order valence-electron chi connectivity index (χ2n) is 6.95. The van der Waals surface area contributed by atoms with Crippen molar-refractivity contribution in [1.82, 2.24) is 0 Å². The van der Waals surface area contributed by atoms with Gasteiger partial charge in [0.05, 0.1) is 6.61 Å². The average Bonchev–Trinajstić information content (AvgIpc) is 3.05. The number of ether oxygens (including phenoxy) is 1. The van der Waals surface area contributed by atoms with E-state index in [0.29, 0.717) is 18.3 Å². The van der Waals surface area contributed by atoms with Crippen molar-refractivity contribution in [3.63, 3.8) is 0 Å². The Balaban J connectivity index is 1.87. The molecule has 0 fully saturated rings. The van der Waals surface area contributed by atoms with Crippen LogP contribution in [0, 0.1) is 6.92 Å². The number of rotatable bonds is 2. The van der Waals surface area contributed by atoms with E-state index >= 15 is 0 Å². The predicted molar refractivity (Wildman–Crippen MR) is 98.2 cm³/mol. The van der Waals surface area contributed by atoms with Crippen LogP contribution in [0.2, 0.25) is 0 Å². The van der Waals surface area contributed by atoms with Gasteiger partial charge in [-0.3, -0.25) is 0 Å². The number of hydrogen-bond acceptors (Lipinski definition) is 2. The largest absolute Gasteiger partial charge is 0.507 e. The summed E-state index contributed by atoms with van der Waals surface area (Å²) in [6, 6.07) is 16.7. The van der Waals surface area contributed by atoms with E-state index in [2.05, 4.69) is 38.1 Å². The lowest BCUT2D eigenvalue weighted by Gasteiger charge is -2.15. The molecule has 1 N–H and O–H groups in total. The normalized spacial score (nSPS) is 16.4. The van der Waals surface area contributed by atoms with E-state index in [0.717, 1.165) is 27.6 Å². The predicted octanol–water partition coefficient (Wildman–Crippen LogP) is 5.50. The summed E-state index contributed by atoms with van der Waals surface area (Å²) in [7, 11) is 0. The Labute approximate surface area is 142 Å². The Morgan fingerprint density at radius 3 is 2.33 bits per heavy atom. The van der Waals surface area contributed by atoms with Gasteiger partial charge in [0.25, 0.3) is 0 Å². The SMILES string of the molecule is Cc1c2c(c3ccccc3c1O)OCC2c1ccc(C(C)C)cc1. The molecule has 1 aliphatic rings. The summed E-state index contributed by atoms with van der Waals surface area (Å²) in [6.45, 7) is 7.03. The molecule has 0 saturated carbocycles. The maximum Gasteiger partial charge on any atom is 0.131 e. The van der Waals surface area contributed by atoms with Gasteiger partial charge in [-0.05, 0) is 29.5 Å². The van der Waals surface area contributed by atoms with Crippen molar-refractivity contribution in [2.24, 2.45) is 0 Å². The lowest BCUT2D eigenvalue weighted by molar-refractivity contribution is 0.346. The topological polar surface area (TPSA) is 29.5 Å². The van der Waals surface area contributed by atoms with Gasteiger partial charge in [0, 0.05) is 22.3 Å². The van der Waals surface area contributed by atoms with E-state index in [1.54, 1.807) is 0 Å². The zero-order valence-corrected chi connectivity index (χ0v) is 14.3. The van der Waals surface area contributed by atoms with Crippen LogP contribution in [0.15, 0.2) is 48.5 Å². The molecule has 1 aliphatic heterocycles. The summed E-state index contributed by atoms with van der Waals surface area (Å²) < 4.78 is 6.08. The Hall–Kier alpha value is -2.48. The molecule has 0 radical (unpaired) electrons. The first kappa shape index (κ1) is 15.1. The minimum atomic E-state index is 0.178. The molecule has 2 heteroatoms. The number of benzene rings is 3. The van der Waals surface area contributed by atoms with Crippen molar-refractivity contribution in [1.29, 1.82) is 0 Å². The molecule has 0 saturated heterocycles. The third kappa shape index (κ3) is 2.17.